The Morgan fingerprint density at radius 1 is 1.41 bits per heavy atom. The predicted molar refractivity (Wildman–Crippen MR) is 62.8 cm³/mol. The zero-order valence-corrected chi connectivity index (χ0v) is 9.97. The van der Waals surface area contributed by atoms with Crippen molar-refractivity contribution in [2.24, 2.45) is 0 Å². The lowest BCUT2D eigenvalue weighted by atomic mass is 10.2. The van der Waals surface area contributed by atoms with Crippen molar-refractivity contribution in [3.05, 3.63) is 24.5 Å². The first kappa shape index (κ1) is 11.4. The van der Waals surface area contributed by atoms with Crippen molar-refractivity contribution in [3.63, 3.8) is 0 Å². The van der Waals surface area contributed by atoms with Crippen LogP contribution in [-0.2, 0) is 4.74 Å². The molecule has 2 heterocycles. The average molecular weight is 234 g/mol. The molecule has 0 aliphatic rings. The highest BCUT2D eigenvalue weighted by Gasteiger charge is 2.16. The number of carbonyl (C=O) groups is 1. The molecule has 0 atom stereocenters. The van der Waals surface area contributed by atoms with Crippen LogP contribution in [0.3, 0.4) is 0 Å². The number of hydrogen-bond acceptors (Lipinski definition) is 4. The number of ether oxygens (including phenoxy) is 1. The van der Waals surface area contributed by atoms with E-state index in [9.17, 15) is 4.79 Å². The second-order valence-corrected chi connectivity index (χ2v) is 4.60. The Hall–Kier alpha value is -2.11. The van der Waals surface area contributed by atoms with Gasteiger partial charge in [-0.3, -0.25) is 9.72 Å². The molecule has 2 aromatic heterocycles. The lowest BCUT2D eigenvalue weighted by Crippen LogP contribution is -2.27. The largest absolute Gasteiger partial charge is 0.444 e. The van der Waals surface area contributed by atoms with E-state index in [2.05, 4.69) is 15.5 Å². The van der Waals surface area contributed by atoms with Crippen LogP contribution < -0.4 is 5.32 Å². The summed E-state index contributed by atoms with van der Waals surface area (Å²) in [7, 11) is 0. The summed E-state index contributed by atoms with van der Waals surface area (Å²) in [5.41, 5.74) is 0.143. The zero-order valence-electron chi connectivity index (χ0n) is 9.97. The van der Waals surface area contributed by atoms with E-state index < -0.39 is 11.7 Å². The minimum atomic E-state index is -0.523. The molecule has 2 aromatic rings. The fraction of sp³-hybridized carbons (Fsp3) is 0.364. The Labute approximate surface area is 98.6 Å². The van der Waals surface area contributed by atoms with Gasteiger partial charge in [-0.25, -0.2) is 4.79 Å². The predicted octanol–water partition coefficient (Wildman–Crippen LogP) is 2.08. The van der Waals surface area contributed by atoms with Crippen LogP contribution >= 0.6 is 0 Å². The van der Waals surface area contributed by atoms with E-state index in [4.69, 9.17) is 4.74 Å². The van der Waals surface area contributed by atoms with Gasteiger partial charge in [0, 0.05) is 0 Å². The normalized spacial score (nSPS) is 11.5. The number of carbonyl (C=O) groups excluding carboxylic acids is 1. The van der Waals surface area contributed by atoms with E-state index >= 15 is 0 Å². The molecule has 90 valence electrons. The van der Waals surface area contributed by atoms with Gasteiger partial charge in [0.25, 0.3) is 0 Å². The molecular weight excluding hydrogens is 220 g/mol. The molecule has 0 saturated heterocycles. The molecule has 1 N–H and O–H groups in total. The summed E-state index contributed by atoms with van der Waals surface area (Å²) in [6, 6.07) is 5.34. The van der Waals surface area contributed by atoms with Crippen LogP contribution in [0.1, 0.15) is 20.8 Å². The molecule has 17 heavy (non-hydrogen) atoms. The molecular formula is C11H14N4O2. The number of fused-ring (bicyclic) bond motifs is 1. The SMILES string of the molecule is CC(C)(C)OC(=O)Nc1cccc2nncn12. The molecule has 0 saturated carbocycles. The number of amides is 1. The van der Waals surface area contributed by atoms with Gasteiger partial charge in [0.1, 0.15) is 17.7 Å². The third kappa shape index (κ3) is 2.72. The van der Waals surface area contributed by atoms with Gasteiger partial charge in [0.15, 0.2) is 5.65 Å². The highest BCUT2D eigenvalue weighted by atomic mass is 16.6. The maximum Gasteiger partial charge on any atom is 0.413 e. The highest BCUT2D eigenvalue weighted by Crippen LogP contribution is 2.12. The molecule has 2 rings (SSSR count). The van der Waals surface area contributed by atoms with Crippen LogP contribution in [0, 0.1) is 0 Å². The van der Waals surface area contributed by atoms with Gasteiger partial charge in [-0.2, -0.15) is 0 Å². The van der Waals surface area contributed by atoms with Crippen molar-refractivity contribution in [2.45, 2.75) is 26.4 Å². The van der Waals surface area contributed by atoms with E-state index in [1.807, 2.05) is 20.8 Å². The number of rotatable bonds is 1. The van der Waals surface area contributed by atoms with E-state index in [0.29, 0.717) is 11.5 Å². The Kier molecular flexibility index (Phi) is 2.71. The van der Waals surface area contributed by atoms with Crippen LogP contribution in [0.2, 0.25) is 0 Å². The summed E-state index contributed by atoms with van der Waals surface area (Å²) in [6.45, 7) is 5.43. The first-order chi connectivity index (χ1) is 7.96. The van der Waals surface area contributed by atoms with Crippen molar-refractivity contribution < 1.29 is 9.53 Å². The van der Waals surface area contributed by atoms with Gasteiger partial charge in [0.05, 0.1) is 0 Å². The molecule has 0 unspecified atom stereocenters. The van der Waals surface area contributed by atoms with Crippen LogP contribution in [-0.4, -0.2) is 26.3 Å². The minimum absolute atomic E-state index is 0.501. The van der Waals surface area contributed by atoms with Crippen LogP contribution in [0.25, 0.3) is 5.65 Å². The molecule has 0 radical (unpaired) electrons. The molecule has 0 aliphatic heterocycles. The number of nitrogens with one attached hydrogen (secondary N) is 1. The minimum Gasteiger partial charge on any atom is -0.444 e. The zero-order chi connectivity index (χ0) is 12.5. The summed E-state index contributed by atoms with van der Waals surface area (Å²) in [5.74, 6) is 0.571. The quantitative estimate of drug-likeness (QED) is 0.820. The van der Waals surface area contributed by atoms with Crippen LogP contribution in [0.4, 0.5) is 10.6 Å². The van der Waals surface area contributed by atoms with Crippen LogP contribution in [0.5, 0.6) is 0 Å². The lowest BCUT2D eigenvalue weighted by molar-refractivity contribution is 0.0635. The average Bonchev–Trinajstić information content (AvgIpc) is 2.63. The maximum absolute atomic E-state index is 11.6. The lowest BCUT2D eigenvalue weighted by Gasteiger charge is -2.19. The first-order valence-corrected chi connectivity index (χ1v) is 5.24. The van der Waals surface area contributed by atoms with Crippen molar-refractivity contribution in [1.29, 1.82) is 0 Å². The van der Waals surface area contributed by atoms with Gasteiger partial charge in [0.2, 0.25) is 0 Å². The summed E-state index contributed by atoms with van der Waals surface area (Å²) in [6.07, 6.45) is 1.03. The fourth-order valence-corrected chi connectivity index (χ4v) is 1.36. The molecule has 6 heteroatoms. The maximum atomic E-state index is 11.6. The topological polar surface area (TPSA) is 68.5 Å². The standard InChI is InChI=1S/C11H14N4O2/c1-11(2,3)17-10(16)13-8-5-4-6-9-14-12-7-15(8)9/h4-7H,1-3H3,(H,13,16). The van der Waals surface area contributed by atoms with Crippen molar-refractivity contribution >= 4 is 17.6 Å². The Bertz CT molecular complexity index is 542. The molecule has 6 nitrogen and oxygen atoms in total. The van der Waals surface area contributed by atoms with Gasteiger partial charge >= 0.3 is 6.09 Å². The van der Waals surface area contributed by atoms with Gasteiger partial charge in [-0.1, -0.05) is 6.07 Å². The molecule has 0 fully saturated rings. The first-order valence-electron chi connectivity index (χ1n) is 5.24. The Morgan fingerprint density at radius 3 is 2.88 bits per heavy atom. The number of pyridine rings is 1. The summed E-state index contributed by atoms with van der Waals surface area (Å²) >= 11 is 0. The monoisotopic (exact) mass is 234 g/mol. The summed E-state index contributed by atoms with van der Waals surface area (Å²) in [5, 5.41) is 10.3. The number of aromatic nitrogens is 3. The number of hydrogen-bond donors (Lipinski definition) is 1. The van der Waals surface area contributed by atoms with E-state index in [1.54, 1.807) is 22.6 Å². The van der Waals surface area contributed by atoms with Crippen molar-refractivity contribution in [3.8, 4) is 0 Å². The Morgan fingerprint density at radius 2 is 2.18 bits per heavy atom. The summed E-state index contributed by atoms with van der Waals surface area (Å²) < 4.78 is 6.83. The van der Waals surface area contributed by atoms with Crippen LogP contribution in [0.15, 0.2) is 24.5 Å². The second-order valence-electron chi connectivity index (χ2n) is 4.60. The smallest absolute Gasteiger partial charge is 0.413 e. The van der Waals surface area contributed by atoms with Gasteiger partial charge < -0.3 is 4.74 Å². The van der Waals surface area contributed by atoms with E-state index in [0.717, 1.165) is 0 Å². The number of anilines is 1. The van der Waals surface area contributed by atoms with Gasteiger partial charge in [-0.05, 0) is 32.9 Å². The molecule has 1 amide bonds. The number of nitrogens with zero attached hydrogens (tertiary/aromatic N) is 3. The third-order valence-electron chi connectivity index (χ3n) is 1.96. The second kappa shape index (κ2) is 4.04. The van der Waals surface area contributed by atoms with Crippen molar-refractivity contribution in [1.82, 2.24) is 14.6 Å². The highest BCUT2D eigenvalue weighted by molar-refractivity contribution is 5.84. The molecule has 0 bridgehead atoms. The fourth-order valence-electron chi connectivity index (χ4n) is 1.36. The molecule has 0 aliphatic carbocycles. The molecule has 0 spiro atoms. The van der Waals surface area contributed by atoms with E-state index in [1.165, 1.54) is 6.33 Å². The third-order valence-corrected chi connectivity index (χ3v) is 1.96. The van der Waals surface area contributed by atoms with Gasteiger partial charge in [-0.15, -0.1) is 10.2 Å². The molecule has 0 aromatic carbocycles. The van der Waals surface area contributed by atoms with E-state index in [-0.39, 0.29) is 0 Å². The summed E-state index contributed by atoms with van der Waals surface area (Å²) in [4.78, 5) is 11.6. The van der Waals surface area contributed by atoms with Crippen molar-refractivity contribution in [2.75, 3.05) is 5.32 Å². The Balaban J connectivity index is 2.18.